The number of hydrogen-bond acceptors (Lipinski definition) is 3. The molecule has 0 spiro atoms. The van der Waals surface area contributed by atoms with Crippen LogP contribution in [0.25, 0.3) is 0 Å². The molecule has 2 rings (SSSR count). The topological polar surface area (TPSA) is 43.9 Å². The van der Waals surface area contributed by atoms with Crippen molar-refractivity contribution >= 4 is 31.9 Å². The van der Waals surface area contributed by atoms with E-state index in [0.717, 1.165) is 14.9 Å². The second kappa shape index (κ2) is 3.63. The van der Waals surface area contributed by atoms with Crippen LogP contribution in [-0.2, 0) is 6.54 Å². The van der Waals surface area contributed by atoms with E-state index in [0.29, 0.717) is 6.54 Å². The van der Waals surface area contributed by atoms with Crippen molar-refractivity contribution < 1.29 is 4.52 Å². The molecule has 0 amide bonds. The van der Waals surface area contributed by atoms with Crippen LogP contribution in [0.2, 0.25) is 0 Å². The minimum atomic E-state index is 0.600. The van der Waals surface area contributed by atoms with Crippen LogP contribution in [0.15, 0.2) is 32.1 Å². The van der Waals surface area contributed by atoms with Crippen molar-refractivity contribution in [2.45, 2.75) is 6.54 Å². The average Bonchev–Trinajstić information content (AvgIpc) is 2.63. The van der Waals surface area contributed by atoms with Gasteiger partial charge in [0, 0.05) is 12.1 Å². The molecule has 0 atom stereocenters. The maximum atomic E-state index is 4.72. The van der Waals surface area contributed by atoms with E-state index in [4.69, 9.17) is 4.52 Å². The van der Waals surface area contributed by atoms with Crippen LogP contribution in [0.4, 0.5) is 0 Å². The van der Waals surface area contributed by atoms with E-state index in [9.17, 15) is 0 Å². The average molecular weight is 307 g/mol. The predicted molar refractivity (Wildman–Crippen MR) is 53.2 cm³/mol. The summed E-state index contributed by atoms with van der Waals surface area (Å²) in [4.78, 5) is 0. The highest BCUT2D eigenvalue weighted by molar-refractivity contribution is 9.11. The quantitative estimate of drug-likeness (QED) is 0.856. The van der Waals surface area contributed by atoms with E-state index in [-0.39, 0.29) is 0 Å². The first-order valence-corrected chi connectivity index (χ1v) is 5.12. The Bertz CT molecular complexity index is 396. The van der Waals surface area contributed by atoms with E-state index in [1.807, 2.05) is 12.1 Å². The smallest absolute Gasteiger partial charge is 0.129 e. The SMILES string of the molecule is Brc1cc(Br)n(Cc2ccon2)n1. The Morgan fingerprint density at radius 1 is 1.46 bits per heavy atom. The van der Waals surface area contributed by atoms with Crippen molar-refractivity contribution in [1.29, 1.82) is 0 Å². The van der Waals surface area contributed by atoms with E-state index in [2.05, 4.69) is 42.1 Å². The van der Waals surface area contributed by atoms with Crippen LogP contribution in [0.1, 0.15) is 5.69 Å². The largest absolute Gasteiger partial charge is 0.364 e. The Hall–Kier alpha value is -0.620. The zero-order chi connectivity index (χ0) is 9.26. The molecule has 4 nitrogen and oxygen atoms in total. The molecular weight excluding hydrogens is 302 g/mol. The third kappa shape index (κ3) is 2.00. The second-order valence-electron chi connectivity index (χ2n) is 2.44. The van der Waals surface area contributed by atoms with Gasteiger partial charge in [-0.3, -0.25) is 4.68 Å². The standard InChI is InChI=1S/C7H5Br2N3O/c8-6-3-7(9)12(10-6)4-5-1-2-13-11-5/h1-3H,4H2. The van der Waals surface area contributed by atoms with Gasteiger partial charge in [0.1, 0.15) is 21.2 Å². The van der Waals surface area contributed by atoms with Crippen LogP contribution in [0.5, 0.6) is 0 Å². The van der Waals surface area contributed by atoms with Gasteiger partial charge in [0.2, 0.25) is 0 Å². The number of halogens is 2. The Morgan fingerprint density at radius 3 is 2.85 bits per heavy atom. The van der Waals surface area contributed by atoms with Gasteiger partial charge < -0.3 is 4.52 Å². The lowest BCUT2D eigenvalue weighted by molar-refractivity contribution is 0.407. The summed E-state index contributed by atoms with van der Waals surface area (Å²) < 4.78 is 8.19. The Kier molecular flexibility index (Phi) is 2.50. The first-order chi connectivity index (χ1) is 6.25. The van der Waals surface area contributed by atoms with Crippen LogP contribution in [0, 0.1) is 0 Å². The summed E-state index contributed by atoms with van der Waals surface area (Å²) in [5.74, 6) is 0. The van der Waals surface area contributed by atoms with Crippen molar-refractivity contribution in [3.63, 3.8) is 0 Å². The Balaban J connectivity index is 2.23. The molecule has 0 aromatic carbocycles. The van der Waals surface area contributed by atoms with Gasteiger partial charge in [-0.05, 0) is 31.9 Å². The van der Waals surface area contributed by atoms with Gasteiger partial charge in [0.25, 0.3) is 0 Å². The monoisotopic (exact) mass is 305 g/mol. The molecule has 68 valence electrons. The van der Waals surface area contributed by atoms with E-state index in [1.165, 1.54) is 0 Å². The van der Waals surface area contributed by atoms with Crippen molar-refractivity contribution in [3.8, 4) is 0 Å². The minimum absolute atomic E-state index is 0.600. The highest BCUT2D eigenvalue weighted by Crippen LogP contribution is 2.17. The van der Waals surface area contributed by atoms with Gasteiger partial charge in [0.15, 0.2) is 0 Å². The van der Waals surface area contributed by atoms with Gasteiger partial charge in [-0.25, -0.2) is 0 Å². The molecule has 0 aliphatic carbocycles. The molecule has 2 heterocycles. The molecule has 0 saturated carbocycles. The lowest BCUT2D eigenvalue weighted by Crippen LogP contribution is -2.01. The molecule has 0 saturated heterocycles. The number of hydrogen-bond donors (Lipinski definition) is 0. The van der Waals surface area contributed by atoms with Gasteiger partial charge in [-0.15, -0.1) is 0 Å². The molecule has 2 aromatic rings. The van der Waals surface area contributed by atoms with Crippen molar-refractivity contribution in [2.75, 3.05) is 0 Å². The molecule has 0 N–H and O–H groups in total. The summed E-state index contributed by atoms with van der Waals surface area (Å²) in [6, 6.07) is 3.68. The van der Waals surface area contributed by atoms with Gasteiger partial charge in [-0.2, -0.15) is 5.10 Å². The van der Waals surface area contributed by atoms with E-state index >= 15 is 0 Å². The van der Waals surface area contributed by atoms with E-state index < -0.39 is 0 Å². The van der Waals surface area contributed by atoms with Crippen molar-refractivity contribution in [2.24, 2.45) is 0 Å². The third-order valence-electron chi connectivity index (χ3n) is 1.50. The fourth-order valence-corrected chi connectivity index (χ4v) is 2.09. The van der Waals surface area contributed by atoms with Crippen molar-refractivity contribution in [1.82, 2.24) is 14.9 Å². The predicted octanol–water partition coefficient (Wildman–Crippen LogP) is 2.44. The fraction of sp³-hybridized carbons (Fsp3) is 0.143. The first-order valence-electron chi connectivity index (χ1n) is 3.54. The summed E-state index contributed by atoms with van der Waals surface area (Å²) in [7, 11) is 0. The molecule has 2 aromatic heterocycles. The molecule has 13 heavy (non-hydrogen) atoms. The molecular formula is C7H5Br2N3O. The molecule has 0 unspecified atom stereocenters. The lowest BCUT2D eigenvalue weighted by atomic mass is 10.4. The normalized spacial score (nSPS) is 10.6. The summed E-state index contributed by atoms with van der Waals surface area (Å²) in [6.45, 7) is 0.600. The van der Waals surface area contributed by atoms with E-state index in [1.54, 1.807) is 10.9 Å². The fourth-order valence-electron chi connectivity index (χ4n) is 0.948. The van der Waals surface area contributed by atoms with Gasteiger partial charge >= 0.3 is 0 Å². The summed E-state index contributed by atoms with van der Waals surface area (Å²) in [6.07, 6.45) is 1.54. The summed E-state index contributed by atoms with van der Waals surface area (Å²) in [5.41, 5.74) is 0.844. The maximum absolute atomic E-state index is 4.72. The third-order valence-corrected chi connectivity index (χ3v) is 2.53. The minimum Gasteiger partial charge on any atom is -0.364 e. The zero-order valence-electron chi connectivity index (χ0n) is 6.44. The molecule has 6 heteroatoms. The number of rotatable bonds is 2. The molecule has 0 aliphatic rings. The molecule has 0 aliphatic heterocycles. The molecule has 0 radical (unpaired) electrons. The van der Waals surface area contributed by atoms with Crippen LogP contribution in [-0.4, -0.2) is 14.9 Å². The molecule has 0 bridgehead atoms. The second-order valence-corrected chi connectivity index (χ2v) is 4.06. The highest BCUT2D eigenvalue weighted by atomic mass is 79.9. The van der Waals surface area contributed by atoms with Crippen LogP contribution < -0.4 is 0 Å². The first kappa shape index (κ1) is 8.96. The van der Waals surface area contributed by atoms with Gasteiger partial charge in [0.05, 0.1) is 6.54 Å². The summed E-state index contributed by atoms with van der Waals surface area (Å²) >= 11 is 6.66. The number of nitrogens with zero attached hydrogens (tertiary/aromatic N) is 3. The van der Waals surface area contributed by atoms with Gasteiger partial charge in [-0.1, -0.05) is 5.16 Å². The van der Waals surface area contributed by atoms with Crippen LogP contribution >= 0.6 is 31.9 Å². The molecule has 0 fully saturated rings. The Labute approximate surface area is 91.2 Å². The maximum Gasteiger partial charge on any atom is 0.129 e. The highest BCUT2D eigenvalue weighted by Gasteiger charge is 2.05. The van der Waals surface area contributed by atoms with Crippen LogP contribution in [0.3, 0.4) is 0 Å². The number of aromatic nitrogens is 3. The lowest BCUT2D eigenvalue weighted by Gasteiger charge is -1.97. The van der Waals surface area contributed by atoms with Crippen molar-refractivity contribution in [3.05, 3.63) is 33.3 Å². The zero-order valence-corrected chi connectivity index (χ0v) is 9.62. The Morgan fingerprint density at radius 2 is 2.31 bits per heavy atom. The summed E-state index contributed by atoms with van der Waals surface area (Å²) in [5, 5.41) is 7.98.